The molecule has 9 heteroatoms. The summed E-state index contributed by atoms with van der Waals surface area (Å²) in [5, 5.41) is 8.89. The predicted molar refractivity (Wildman–Crippen MR) is 129 cm³/mol. The van der Waals surface area contributed by atoms with Crippen LogP contribution in [0.5, 0.6) is 0 Å². The van der Waals surface area contributed by atoms with E-state index in [0.717, 1.165) is 5.56 Å². The minimum Gasteiger partial charge on any atom is -0.336 e. The summed E-state index contributed by atoms with van der Waals surface area (Å²) in [4.78, 5) is 40.7. The third kappa shape index (κ3) is 7.47. The Bertz CT molecular complexity index is 972. The van der Waals surface area contributed by atoms with E-state index in [4.69, 9.17) is 11.6 Å². The molecule has 1 aliphatic heterocycles. The smallest absolute Gasteiger partial charge is 0.315 e. The molecule has 1 fully saturated rings. The molecule has 1 saturated heterocycles. The van der Waals surface area contributed by atoms with Crippen LogP contribution in [0.2, 0.25) is 5.02 Å². The third-order valence-electron chi connectivity index (χ3n) is 5.25. The molecule has 0 unspecified atom stereocenters. The van der Waals surface area contributed by atoms with Crippen molar-refractivity contribution in [3.63, 3.8) is 0 Å². The van der Waals surface area contributed by atoms with Gasteiger partial charge < -0.3 is 20.9 Å². The summed E-state index contributed by atoms with van der Waals surface area (Å²) in [5.74, 6) is -0.165. The molecule has 2 aromatic rings. The standard InChI is InChI=1S/C24H30ClN5O3/c1-17(2)27-24(33)26-15-18-7-9-19(10-8-18)23(32)30-13-11-29(12-14-30)16-22(31)28-21-6-4-3-5-20(21)25/h3-10,17H,11-16H2,1-2H3,(H,28,31)(H2,26,27,33). The van der Waals surface area contributed by atoms with Crippen molar-refractivity contribution in [1.29, 1.82) is 0 Å². The van der Waals surface area contributed by atoms with Gasteiger partial charge >= 0.3 is 6.03 Å². The average molecular weight is 472 g/mol. The SMILES string of the molecule is CC(C)NC(=O)NCc1ccc(C(=O)N2CCN(CC(=O)Nc3ccccc3Cl)CC2)cc1. The number of piperazine rings is 1. The van der Waals surface area contributed by atoms with Gasteiger partial charge in [0.25, 0.3) is 5.91 Å². The van der Waals surface area contributed by atoms with E-state index >= 15 is 0 Å². The van der Waals surface area contributed by atoms with Crippen molar-refractivity contribution in [3.8, 4) is 0 Å². The van der Waals surface area contributed by atoms with Crippen LogP contribution < -0.4 is 16.0 Å². The van der Waals surface area contributed by atoms with E-state index in [1.165, 1.54) is 0 Å². The van der Waals surface area contributed by atoms with Gasteiger partial charge in [-0.05, 0) is 43.7 Å². The van der Waals surface area contributed by atoms with Gasteiger partial charge in [-0.25, -0.2) is 4.79 Å². The summed E-state index contributed by atoms with van der Waals surface area (Å²) in [7, 11) is 0. The number of hydrogen-bond acceptors (Lipinski definition) is 4. The first-order valence-corrected chi connectivity index (χ1v) is 11.4. The van der Waals surface area contributed by atoms with Crippen LogP contribution in [-0.2, 0) is 11.3 Å². The van der Waals surface area contributed by atoms with Crippen molar-refractivity contribution in [2.24, 2.45) is 0 Å². The second kappa shape index (κ2) is 11.7. The highest BCUT2D eigenvalue weighted by atomic mass is 35.5. The monoisotopic (exact) mass is 471 g/mol. The average Bonchev–Trinajstić information content (AvgIpc) is 2.79. The highest BCUT2D eigenvalue weighted by Crippen LogP contribution is 2.20. The van der Waals surface area contributed by atoms with Gasteiger partial charge in [-0.3, -0.25) is 14.5 Å². The van der Waals surface area contributed by atoms with Gasteiger partial charge in [0.1, 0.15) is 0 Å². The fourth-order valence-corrected chi connectivity index (χ4v) is 3.69. The highest BCUT2D eigenvalue weighted by Gasteiger charge is 2.23. The van der Waals surface area contributed by atoms with Gasteiger partial charge in [0, 0.05) is 44.3 Å². The maximum absolute atomic E-state index is 12.8. The molecule has 3 rings (SSSR count). The summed E-state index contributed by atoms with van der Waals surface area (Å²) in [6, 6.07) is 14.2. The molecule has 8 nitrogen and oxygen atoms in total. The number of rotatable bonds is 7. The number of urea groups is 1. The van der Waals surface area contributed by atoms with Gasteiger partial charge in [-0.1, -0.05) is 35.9 Å². The molecule has 0 spiro atoms. The van der Waals surface area contributed by atoms with Crippen molar-refractivity contribution in [2.75, 3.05) is 38.0 Å². The number of nitrogens with one attached hydrogen (secondary N) is 3. The normalized spacial score (nSPS) is 14.1. The van der Waals surface area contributed by atoms with E-state index in [1.54, 1.807) is 29.2 Å². The molecule has 33 heavy (non-hydrogen) atoms. The molecular formula is C24H30ClN5O3. The van der Waals surface area contributed by atoms with Crippen LogP contribution >= 0.6 is 11.6 Å². The minimum atomic E-state index is -0.219. The fourth-order valence-electron chi connectivity index (χ4n) is 3.51. The van der Waals surface area contributed by atoms with E-state index in [9.17, 15) is 14.4 Å². The largest absolute Gasteiger partial charge is 0.336 e. The number of carbonyl (C=O) groups excluding carboxylic acids is 3. The van der Waals surface area contributed by atoms with E-state index in [1.807, 2.05) is 43.0 Å². The highest BCUT2D eigenvalue weighted by molar-refractivity contribution is 6.33. The van der Waals surface area contributed by atoms with Crippen molar-refractivity contribution in [2.45, 2.75) is 26.4 Å². The Balaban J connectivity index is 1.43. The molecule has 176 valence electrons. The number of halogens is 1. The minimum absolute atomic E-state index is 0.0350. The van der Waals surface area contributed by atoms with Gasteiger partial charge in [0.15, 0.2) is 0 Å². The van der Waals surface area contributed by atoms with Gasteiger partial charge in [0.2, 0.25) is 5.91 Å². The summed E-state index contributed by atoms with van der Waals surface area (Å²) >= 11 is 6.09. The number of carbonyl (C=O) groups is 3. The molecule has 0 aliphatic carbocycles. The maximum Gasteiger partial charge on any atom is 0.315 e. The molecule has 0 saturated carbocycles. The number of amides is 4. The lowest BCUT2D eigenvalue weighted by molar-refractivity contribution is -0.117. The molecule has 3 N–H and O–H groups in total. The molecule has 0 atom stereocenters. The Morgan fingerprint density at radius 1 is 0.970 bits per heavy atom. The topological polar surface area (TPSA) is 93.8 Å². The second-order valence-corrected chi connectivity index (χ2v) is 8.68. The molecule has 0 radical (unpaired) electrons. The molecule has 4 amide bonds. The number of benzene rings is 2. The zero-order valence-electron chi connectivity index (χ0n) is 18.9. The van der Waals surface area contributed by atoms with Crippen molar-refractivity contribution >= 4 is 35.1 Å². The Hall–Kier alpha value is -3.10. The molecule has 1 aliphatic rings. The number of hydrogen-bond donors (Lipinski definition) is 3. The fraction of sp³-hybridized carbons (Fsp3) is 0.375. The first-order valence-electron chi connectivity index (χ1n) is 11.0. The summed E-state index contributed by atoms with van der Waals surface area (Å²) in [6.07, 6.45) is 0. The summed E-state index contributed by atoms with van der Waals surface area (Å²) in [5.41, 5.74) is 2.12. The Kier molecular flexibility index (Phi) is 8.68. The van der Waals surface area contributed by atoms with E-state index in [2.05, 4.69) is 16.0 Å². The predicted octanol–water partition coefficient (Wildman–Crippen LogP) is 2.94. The number of anilines is 1. The van der Waals surface area contributed by atoms with E-state index < -0.39 is 0 Å². The second-order valence-electron chi connectivity index (χ2n) is 8.28. The maximum atomic E-state index is 12.8. The molecule has 1 heterocycles. The van der Waals surface area contributed by atoms with Crippen LogP contribution in [0, 0.1) is 0 Å². The van der Waals surface area contributed by atoms with Crippen molar-refractivity contribution in [3.05, 3.63) is 64.7 Å². The van der Waals surface area contributed by atoms with Crippen LogP contribution in [0.4, 0.5) is 10.5 Å². The third-order valence-corrected chi connectivity index (χ3v) is 5.58. The van der Waals surface area contributed by atoms with Crippen LogP contribution in [0.1, 0.15) is 29.8 Å². The van der Waals surface area contributed by atoms with Crippen molar-refractivity contribution in [1.82, 2.24) is 20.4 Å². The van der Waals surface area contributed by atoms with Crippen LogP contribution in [-0.4, -0.2) is 66.4 Å². The van der Waals surface area contributed by atoms with Crippen LogP contribution in [0.25, 0.3) is 0 Å². The number of nitrogens with zero attached hydrogens (tertiary/aromatic N) is 2. The van der Waals surface area contributed by atoms with Crippen molar-refractivity contribution < 1.29 is 14.4 Å². The van der Waals surface area contributed by atoms with E-state index in [-0.39, 0.29) is 30.4 Å². The Labute approximate surface area is 199 Å². The zero-order chi connectivity index (χ0) is 23.8. The molecule has 0 aromatic heterocycles. The summed E-state index contributed by atoms with van der Waals surface area (Å²) in [6.45, 7) is 6.78. The zero-order valence-corrected chi connectivity index (χ0v) is 19.7. The van der Waals surface area contributed by atoms with E-state index in [0.29, 0.717) is 49.0 Å². The molecule has 0 bridgehead atoms. The first kappa shape index (κ1) is 24.5. The molecule has 2 aromatic carbocycles. The Morgan fingerprint density at radius 3 is 2.27 bits per heavy atom. The Morgan fingerprint density at radius 2 is 1.64 bits per heavy atom. The quantitative estimate of drug-likeness (QED) is 0.578. The van der Waals surface area contributed by atoms with Gasteiger partial charge in [0.05, 0.1) is 17.3 Å². The first-order chi connectivity index (χ1) is 15.8. The lowest BCUT2D eigenvalue weighted by atomic mass is 10.1. The van der Waals surface area contributed by atoms with Crippen LogP contribution in [0.15, 0.2) is 48.5 Å². The van der Waals surface area contributed by atoms with Crippen LogP contribution in [0.3, 0.4) is 0 Å². The lowest BCUT2D eigenvalue weighted by Crippen LogP contribution is -2.50. The van der Waals surface area contributed by atoms with Gasteiger partial charge in [-0.15, -0.1) is 0 Å². The number of para-hydroxylation sites is 1. The summed E-state index contributed by atoms with van der Waals surface area (Å²) < 4.78 is 0. The lowest BCUT2D eigenvalue weighted by Gasteiger charge is -2.34. The van der Waals surface area contributed by atoms with Gasteiger partial charge in [-0.2, -0.15) is 0 Å². The molecular weight excluding hydrogens is 442 g/mol.